The summed E-state index contributed by atoms with van der Waals surface area (Å²) >= 11 is 0. The molecule has 3 rings (SSSR count). The molecule has 0 aliphatic rings. The van der Waals surface area contributed by atoms with Gasteiger partial charge in [-0.2, -0.15) is 0 Å². The number of aromatic nitrogens is 2. The van der Waals surface area contributed by atoms with Crippen LogP contribution in [0.3, 0.4) is 0 Å². The second-order valence-electron chi connectivity index (χ2n) is 5.65. The first-order chi connectivity index (χ1) is 12.4. The van der Waals surface area contributed by atoms with Crippen LogP contribution in [0.5, 0.6) is 0 Å². The summed E-state index contributed by atoms with van der Waals surface area (Å²) in [6.07, 6.45) is 0.680. The van der Waals surface area contributed by atoms with Crippen molar-refractivity contribution in [1.29, 1.82) is 0 Å². The summed E-state index contributed by atoms with van der Waals surface area (Å²) in [5.41, 5.74) is 3.41. The zero-order valence-corrected chi connectivity index (χ0v) is 14.8. The van der Waals surface area contributed by atoms with Crippen molar-refractivity contribution < 1.29 is 13.2 Å². The summed E-state index contributed by atoms with van der Waals surface area (Å²) in [5.74, 6) is -0.526. The molecule has 0 saturated carbocycles. The molecule has 0 atom stereocenters. The van der Waals surface area contributed by atoms with Gasteiger partial charge in [-0.15, -0.1) is 0 Å². The number of fused-ring (bicyclic) bond motifs is 1. The molecule has 0 aliphatic heterocycles. The summed E-state index contributed by atoms with van der Waals surface area (Å²) in [4.78, 5) is 27.1. The molecule has 9 heteroatoms. The number of H-pyrrole nitrogens is 1. The highest BCUT2D eigenvalue weighted by Gasteiger charge is 2.15. The lowest BCUT2D eigenvalue weighted by Gasteiger charge is -2.08. The Morgan fingerprint density at radius 3 is 2.50 bits per heavy atom. The normalized spacial score (nSPS) is 11.6. The predicted molar refractivity (Wildman–Crippen MR) is 98.2 cm³/mol. The van der Waals surface area contributed by atoms with Gasteiger partial charge in [0.1, 0.15) is 0 Å². The summed E-state index contributed by atoms with van der Waals surface area (Å²) in [7, 11) is -3.59. The van der Waals surface area contributed by atoms with E-state index in [1.165, 1.54) is 24.3 Å². The van der Waals surface area contributed by atoms with E-state index in [0.717, 1.165) is 4.68 Å². The highest BCUT2D eigenvalue weighted by atomic mass is 32.2. The Kier molecular flexibility index (Phi) is 4.92. The van der Waals surface area contributed by atoms with Crippen LogP contribution in [0.15, 0.2) is 58.2 Å². The lowest BCUT2D eigenvalue weighted by Crippen LogP contribution is -2.31. The Hall–Kier alpha value is -2.91. The Morgan fingerprint density at radius 2 is 1.81 bits per heavy atom. The third kappa shape index (κ3) is 3.53. The molecule has 3 aromatic rings. The molecule has 8 nitrogen and oxygen atoms in total. The Labute approximate surface area is 149 Å². The summed E-state index contributed by atoms with van der Waals surface area (Å²) < 4.78 is 27.7. The highest BCUT2D eigenvalue weighted by molar-refractivity contribution is 7.89. The number of rotatable bonds is 6. The van der Waals surface area contributed by atoms with Crippen molar-refractivity contribution in [3.63, 3.8) is 0 Å². The smallest absolute Gasteiger partial charge is 0.304 e. The van der Waals surface area contributed by atoms with Gasteiger partial charge in [-0.1, -0.05) is 19.1 Å². The lowest BCUT2D eigenvalue weighted by molar-refractivity contribution is 0.101. The number of hydrogen-bond donors (Lipinski definition) is 3. The van der Waals surface area contributed by atoms with Crippen molar-refractivity contribution in [1.82, 2.24) is 14.4 Å². The number of hydrogen-bond acceptors (Lipinski definition) is 4. The molecule has 26 heavy (non-hydrogen) atoms. The van der Waals surface area contributed by atoms with Gasteiger partial charge in [-0.3, -0.25) is 10.2 Å². The van der Waals surface area contributed by atoms with Crippen molar-refractivity contribution in [2.45, 2.75) is 18.2 Å². The van der Waals surface area contributed by atoms with Crippen LogP contribution in [-0.4, -0.2) is 30.5 Å². The standard InChI is InChI=1S/C17H18N4O4S/c1-2-11-18-26(24,25)13-9-7-12(8-10-13)16(22)20-21-15-6-4-3-5-14(15)19-17(21)23/h3-10,18H,2,11H2,1H3,(H,19,23)(H,20,22). The van der Waals surface area contributed by atoms with Crippen molar-refractivity contribution in [3.05, 3.63) is 64.6 Å². The number of aromatic amines is 1. The molecule has 1 aromatic heterocycles. The van der Waals surface area contributed by atoms with E-state index >= 15 is 0 Å². The van der Waals surface area contributed by atoms with E-state index in [-0.39, 0.29) is 10.5 Å². The summed E-state index contributed by atoms with van der Waals surface area (Å²) in [5, 5.41) is 0. The fraction of sp³-hybridized carbons (Fsp3) is 0.176. The van der Waals surface area contributed by atoms with E-state index in [9.17, 15) is 18.0 Å². The minimum absolute atomic E-state index is 0.0757. The van der Waals surface area contributed by atoms with Gasteiger partial charge in [0.2, 0.25) is 10.0 Å². The number of carbonyl (C=O) groups is 1. The van der Waals surface area contributed by atoms with Gasteiger partial charge >= 0.3 is 5.69 Å². The van der Waals surface area contributed by atoms with E-state index < -0.39 is 21.6 Å². The van der Waals surface area contributed by atoms with Crippen LogP contribution in [0, 0.1) is 0 Å². The third-order valence-corrected chi connectivity index (χ3v) is 5.25. The van der Waals surface area contributed by atoms with Crippen LogP contribution >= 0.6 is 0 Å². The van der Waals surface area contributed by atoms with Gasteiger partial charge in [-0.25, -0.2) is 22.6 Å². The van der Waals surface area contributed by atoms with Gasteiger partial charge in [0.05, 0.1) is 15.9 Å². The first kappa shape index (κ1) is 17.9. The Balaban J connectivity index is 1.82. The molecule has 136 valence electrons. The van der Waals surface area contributed by atoms with Gasteiger partial charge in [0.15, 0.2) is 0 Å². The molecular weight excluding hydrogens is 356 g/mol. The number of carbonyl (C=O) groups excluding carboxylic acids is 1. The van der Waals surface area contributed by atoms with Gasteiger partial charge in [0, 0.05) is 12.1 Å². The first-order valence-corrected chi connectivity index (χ1v) is 9.51. The Bertz CT molecular complexity index is 1100. The molecule has 0 radical (unpaired) electrons. The SMILES string of the molecule is CCCNS(=O)(=O)c1ccc(C(=O)Nn2c(=O)[nH]c3ccccc32)cc1. The second-order valence-corrected chi connectivity index (χ2v) is 7.41. The highest BCUT2D eigenvalue weighted by Crippen LogP contribution is 2.12. The van der Waals surface area contributed by atoms with Crippen molar-refractivity contribution >= 4 is 27.0 Å². The van der Waals surface area contributed by atoms with E-state index in [1.54, 1.807) is 24.3 Å². The van der Waals surface area contributed by atoms with Gasteiger partial charge in [-0.05, 0) is 42.8 Å². The number of para-hydroxylation sites is 2. The number of amides is 1. The average molecular weight is 374 g/mol. The quantitative estimate of drug-likeness (QED) is 0.605. The molecule has 1 heterocycles. The molecule has 0 bridgehead atoms. The topological polar surface area (TPSA) is 113 Å². The first-order valence-electron chi connectivity index (χ1n) is 8.03. The molecule has 0 fully saturated rings. The maximum absolute atomic E-state index is 12.4. The fourth-order valence-electron chi connectivity index (χ4n) is 2.44. The van der Waals surface area contributed by atoms with Gasteiger partial charge < -0.3 is 4.98 Å². The number of nitrogens with zero attached hydrogens (tertiary/aromatic N) is 1. The zero-order chi connectivity index (χ0) is 18.7. The molecule has 0 saturated heterocycles. The van der Waals surface area contributed by atoms with Crippen molar-refractivity contribution in [2.24, 2.45) is 0 Å². The molecule has 0 unspecified atom stereocenters. The van der Waals surface area contributed by atoms with Crippen LogP contribution in [0.2, 0.25) is 0 Å². The molecule has 1 amide bonds. The monoisotopic (exact) mass is 374 g/mol. The second kappa shape index (κ2) is 7.14. The molecule has 3 N–H and O–H groups in total. The van der Waals surface area contributed by atoms with Crippen LogP contribution in [0.25, 0.3) is 11.0 Å². The van der Waals surface area contributed by atoms with Crippen molar-refractivity contribution in [2.75, 3.05) is 12.0 Å². The minimum atomic E-state index is -3.59. The predicted octanol–water partition coefficient (Wildman–Crippen LogP) is 1.40. The summed E-state index contributed by atoms with van der Waals surface area (Å²) in [6.45, 7) is 2.21. The van der Waals surface area contributed by atoms with Crippen LogP contribution in [0.1, 0.15) is 23.7 Å². The Morgan fingerprint density at radius 1 is 1.12 bits per heavy atom. The minimum Gasteiger partial charge on any atom is -0.304 e. The third-order valence-electron chi connectivity index (χ3n) is 3.77. The van der Waals surface area contributed by atoms with E-state index in [2.05, 4.69) is 15.1 Å². The van der Waals surface area contributed by atoms with E-state index in [4.69, 9.17) is 0 Å². The number of benzene rings is 2. The number of sulfonamides is 1. The van der Waals surface area contributed by atoms with Crippen LogP contribution in [0.4, 0.5) is 0 Å². The molecule has 2 aromatic carbocycles. The molecule has 0 spiro atoms. The number of imidazole rings is 1. The van der Waals surface area contributed by atoms with Gasteiger partial charge in [0.25, 0.3) is 5.91 Å². The van der Waals surface area contributed by atoms with Crippen molar-refractivity contribution in [3.8, 4) is 0 Å². The molecule has 0 aliphatic carbocycles. The maximum atomic E-state index is 12.4. The van der Waals surface area contributed by atoms with Crippen LogP contribution in [-0.2, 0) is 10.0 Å². The zero-order valence-electron chi connectivity index (χ0n) is 14.0. The lowest BCUT2D eigenvalue weighted by atomic mass is 10.2. The maximum Gasteiger partial charge on any atom is 0.345 e. The van der Waals surface area contributed by atoms with E-state index in [0.29, 0.717) is 24.0 Å². The fourth-order valence-corrected chi connectivity index (χ4v) is 3.57. The largest absolute Gasteiger partial charge is 0.345 e. The average Bonchev–Trinajstić information content (AvgIpc) is 2.95. The number of nitrogens with one attached hydrogen (secondary N) is 3. The van der Waals surface area contributed by atoms with E-state index in [1.807, 2.05) is 6.92 Å². The summed E-state index contributed by atoms with van der Waals surface area (Å²) in [6, 6.07) is 12.4. The van der Waals surface area contributed by atoms with Crippen LogP contribution < -0.4 is 15.8 Å². The molecular formula is C17H18N4O4S.